The molecule has 1 N–H and O–H groups in total. The van der Waals surface area contributed by atoms with E-state index in [0.29, 0.717) is 38.9 Å². The summed E-state index contributed by atoms with van der Waals surface area (Å²) in [5.74, 6) is -0.720. The molecular weight excluding hydrogens is 604 g/mol. The largest absolute Gasteiger partial charge is 0.490 e. The lowest BCUT2D eigenvalue weighted by Gasteiger charge is -2.07. The first-order chi connectivity index (χ1) is 22.9. The van der Waals surface area contributed by atoms with Crippen LogP contribution in [-0.4, -0.2) is 68.6 Å². The van der Waals surface area contributed by atoms with Crippen molar-refractivity contribution in [2.24, 2.45) is 0 Å². The first-order valence-corrected chi connectivity index (χ1v) is 17.1. The molecule has 0 aliphatic rings. The first-order valence-electron chi connectivity index (χ1n) is 17.1. The second-order valence-corrected chi connectivity index (χ2v) is 10.9. The van der Waals surface area contributed by atoms with Gasteiger partial charge in [0.2, 0.25) is 0 Å². The van der Waals surface area contributed by atoms with Crippen molar-refractivity contribution < 1.29 is 48.0 Å². The smallest absolute Gasteiger partial charge is 0.330 e. The minimum Gasteiger partial charge on any atom is -0.490 e. The maximum Gasteiger partial charge on any atom is 0.330 e. The number of hydrogen-bond acceptors (Lipinski definition) is 10. The highest BCUT2D eigenvalue weighted by atomic mass is 16.6. The molecule has 0 saturated carbocycles. The number of carbonyl (C=O) groups is 4. The quantitative estimate of drug-likeness (QED) is 0.0432. The standard InChI is InChI=1S/C20H30O3.C17H28O7/c1-3-5-6-7-8-9-10-11-18-12-14-19(15-13-18)22-16-17-23-20(21)4-2;1-2-15(19)23-13-14-24-17(21)10-6-4-8-12-22-16(20)9-5-3-7-11-18/h4,12-15H,2-3,5-11,16-17H2,1H3;2,18H,1,3-14H2. The van der Waals surface area contributed by atoms with Gasteiger partial charge in [0.05, 0.1) is 6.61 Å². The summed E-state index contributed by atoms with van der Waals surface area (Å²) in [6.07, 6.45) is 17.7. The third-order valence-electron chi connectivity index (χ3n) is 6.84. The minimum atomic E-state index is -0.547. The molecule has 0 fully saturated rings. The molecule has 266 valence electrons. The van der Waals surface area contributed by atoms with E-state index in [-0.39, 0.29) is 44.8 Å². The van der Waals surface area contributed by atoms with Crippen LogP contribution in [0, 0.1) is 0 Å². The van der Waals surface area contributed by atoms with E-state index < -0.39 is 11.9 Å². The van der Waals surface area contributed by atoms with Crippen LogP contribution < -0.4 is 4.74 Å². The molecule has 10 heteroatoms. The van der Waals surface area contributed by atoms with Crippen LogP contribution in [0.1, 0.15) is 109 Å². The number of carbonyl (C=O) groups excluding carboxylic acids is 4. The normalized spacial score (nSPS) is 10.2. The lowest BCUT2D eigenvalue weighted by atomic mass is 10.0. The fourth-order valence-electron chi connectivity index (χ4n) is 4.19. The Morgan fingerprint density at radius 2 is 1.09 bits per heavy atom. The molecule has 10 nitrogen and oxygen atoms in total. The number of aliphatic hydroxyl groups excluding tert-OH is 1. The molecule has 0 aliphatic carbocycles. The summed E-state index contributed by atoms with van der Waals surface area (Å²) in [5.41, 5.74) is 1.35. The molecule has 1 aromatic rings. The van der Waals surface area contributed by atoms with Crippen LogP contribution in [0.4, 0.5) is 0 Å². The van der Waals surface area contributed by atoms with Crippen LogP contribution in [0.2, 0.25) is 0 Å². The number of rotatable bonds is 28. The third kappa shape index (κ3) is 29.5. The van der Waals surface area contributed by atoms with Crippen LogP contribution in [0.3, 0.4) is 0 Å². The Morgan fingerprint density at radius 1 is 0.596 bits per heavy atom. The molecular formula is C37H58O10. The highest BCUT2D eigenvalue weighted by Gasteiger charge is 2.05. The maximum absolute atomic E-state index is 11.4. The molecule has 0 aromatic heterocycles. The summed E-state index contributed by atoms with van der Waals surface area (Å²) in [6, 6.07) is 8.18. The van der Waals surface area contributed by atoms with Crippen molar-refractivity contribution in [2.45, 2.75) is 110 Å². The molecule has 0 unspecified atom stereocenters. The van der Waals surface area contributed by atoms with Gasteiger partial charge in [-0.1, -0.05) is 77.2 Å². The molecule has 0 aliphatic heterocycles. The van der Waals surface area contributed by atoms with Gasteiger partial charge in [-0.05, 0) is 62.6 Å². The molecule has 0 heterocycles. The van der Waals surface area contributed by atoms with Gasteiger partial charge in [-0.2, -0.15) is 0 Å². The van der Waals surface area contributed by atoms with Crippen LogP contribution in [0.5, 0.6) is 5.75 Å². The molecule has 0 atom stereocenters. The topological polar surface area (TPSA) is 135 Å². The zero-order chi connectivity index (χ0) is 34.8. The van der Waals surface area contributed by atoms with Gasteiger partial charge in [-0.15, -0.1) is 0 Å². The zero-order valence-electron chi connectivity index (χ0n) is 28.6. The van der Waals surface area contributed by atoms with E-state index in [1.807, 2.05) is 12.1 Å². The van der Waals surface area contributed by atoms with Crippen molar-refractivity contribution in [3.63, 3.8) is 0 Å². The summed E-state index contributed by atoms with van der Waals surface area (Å²) in [4.78, 5) is 44.4. The summed E-state index contributed by atoms with van der Waals surface area (Å²) in [7, 11) is 0. The average molecular weight is 663 g/mol. The number of hydrogen-bond donors (Lipinski definition) is 1. The number of aliphatic hydroxyl groups is 1. The second kappa shape index (κ2) is 32.3. The zero-order valence-corrected chi connectivity index (χ0v) is 28.6. The van der Waals surface area contributed by atoms with Crippen molar-refractivity contribution in [3.05, 3.63) is 55.1 Å². The Kier molecular flexibility index (Phi) is 29.8. The Hall–Kier alpha value is -3.66. The molecule has 1 aromatic carbocycles. The van der Waals surface area contributed by atoms with Crippen LogP contribution in [-0.2, 0) is 44.5 Å². The number of ether oxygens (including phenoxy) is 5. The Bertz CT molecular complexity index is 974. The number of benzene rings is 1. The van der Waals surface area contributed by atoms with E-state index in [2.05, 4.69) is 37.0 Å². The summed E-state index contributed by atoms with van der Waals surface area (Å²) >= 11 is 0. The van der Waals surface area contributed by atoms with Crippen molar-refractivity contribution in [1.29, 1.82) is 0 Å². The van der Waals surface area contributed by atoms with Crippen LogP contribution in [0.25, 0.3) is 0 Å². The fourth-order valence-corrected chi connectivity index (χ4v) is 4.19. The molecule has 0 amide bonds. The lowest BCUT2D eigenvalue weighted by Crippen LogP contribution is -2.12. The van der Waals surface area contributed by atoms with Gasteiger partial charge >= 0.3 is 23.9 Å². The van der Waals surface area contributed by atoms with Gasteiger partial charge in [-0.3, -0.25) is 9.59 Å². The van der Waals surface area contributed by atoms with Gasteiger partial charge in [-0.25, -0.2) is 9.59 Å². The van der Waals surface area contributed by atoms with E-state index in [9.17, 15) is 19.2 Å². The molecule has 1 rings (SSSR count). The van der Waals surface area contributed by atoms with Crippen LogP contribution >= 0.6 is 0 Å². The van der Waals surface area contributed by atoms with Gasteiger partial charge in [0.25, 0.3) is 0 Å². The predicted molar refractivity (Wildman–Crippen MR) is 182 cm³/mol. The maximum atomic E-state index is 11.4. The summed E-state index contributed by atoms with van der Waals surface area (Å²) in [6.45, 7) is 10.00. The van der Waals surface area contributed by atoms with E-state index >= 15 is 0 Å². The number of unbranched alkanes of at least 4 members (excludes halogenated alkanes) is 10. The lowest BCUT2D eigenvalue weighted by molar-refractivity contribution is -0.149. The van der Waals surface area contributed by atoms with Crippen LogP contribution in [0.15, 0.2) is 49.6 Å². The summed E-state index contributed by atoms with van der Waals surface area (Å²) in [5, 5.41) is 8.61. The first kappa shape index (κ1) is 43.3. The number of esters is 4. The van der Waals surface area contributed by atoms with Gasteiger partial charge < -0.3 is 28.8 Å². The van der Waals surface area contributed by atoms with E-state index in [1.165, 1.54) is 50.5 Å². The molecule has 47 heavy (non-hydrogen) atoms. The summed E-state index contributed by atoms with van der Waals surface area (Å²) < 4.78 is 25.0. The molecule has 0 saturated heterocycles. The van der Waals surface area contributed by atoms with Crippen molar-refractivity contribution in [3.8, 4) is 5.75 Å². The average Bonchev–Trinajstić information content (AvgIpc) is 3.08. The Balaban J connectivity index is 0.000000901. The SMILES string of the molecule is C=CC(=O)OCCOC(=O)CCCCCOC(=O)CCCCCO.C=CC(=O)OCCOc1ccc(CCCCCCCCC)cc1. The highest BCUT2D eigenvalue weighted by molar-refractivity contribution is 5.81. The van der Waals surface area contributed by atoms with Crippen molar-refractivity contribution in [2.75, 3.05) is 39.6 Å². The molecule has 0 bridgehead atoms. The molecule has 0 spiro atoms. The van der Waals surface area contributed by atoms with Gasteiger partial charge in [0, 0.05) is 31.6 Å². The van der Waals surface area contributed by atoms with E-state index in [0.717, 1.165) is 43.6 Å². The van der Waals surface area contributed by atoms with Gasteiger partial charge in [0.15, 0.2) is 0 Å². The number of aryl methyl sites for hydroxylation is 1. The molecule has 0 radical (unpaired) electrons. The minimum absolute atomic E-state index is 0.0187. The van der Waals surface area contributed by atoms with E-state index in [4.69, 9.17) is 24.1 Å². The van der Waals surface area contributed by atoms with Gasteiger partial charge in [0.1, 0.15) is 32.2 Å². The Morgan fingerprint density at radius 3 is 1.66 bits per heavy atom. The monoisotopic (exact) mass is 662 g/mol. The third-order valence-corrected chi connectivity index (χ3v) is 6.84. The van der Waals surface area contributed by atoms with E-state index in [1.54, 1.807) is 0 Å². The van der Waals surface area contributed by atoms with Crippen molar-refractivity contribution >= 4 is 23.9 Å². The van der Waals surface area contributed by atoms with Crippen molar-refractivity contribution in [1.82, 2.24) is 0 Å². The Labute approximate surface area is 281 Å². The fraction of sp³-hybridized carbons (Fsp3) is 0.622. The highest BCUT2D eigenvalue weighted by Crippen LogP contribution is 2.15. The predicted octanol–water partition coefficient (Wildman–Crippen LogP) is 7.00. The second-order valence-electron chi connectivity index (χ2n) is 10.9.